The summed E-state index contributed by atoms with van der Waals surface area (Å²) >= 11 is 0. The van der Waals surface area contributed by atoms with Crippen LogP contribution in [-0.4, -0.2) is 37.4 Å². The summed E-state index contributed by atoms with van der Waals surface area (Å²) in [5.41, 5.74) is 3.54. The minimum atomic E-state index is -0.330. The molecule has 0 radical (unpaired) electrons. The van der Waals surface area contributed by atoms with Crippen molar-refractivity contribution in [1.82, 2.24) is 5.32 Å². The molecule has 31 heavy (non-hydrogen) atoms. The summed E-state index contributed by atoms with van der Waals surface area (Å²) in [6.45, 7) is 6.77. The van der Waals surface area contributed by atoms with Gasteiger partial charge in [0.15, 0.2) is 6.61 Å². The molecule has 3 rings (SSSR count). The van der Waals surface area contributed by atoms with Gasteiger partial charge in [-0.1, -0.05) is 19.1 Å². The van der Waals surface area contributed by atoms with Crippen LogP contribution in [0.3, 0.4) is 0 Å². The Labute approximate surface area is 182 Å². The average Bonchev–Trinajstić information content (AvgIpc) is 3.15. The largest absolute Gasteiger partial charge is 0.484 e. The lowest BCUT2D eigenvalue weighted by Gasteiger charge is -2.17. The number of carbonyl (C=O) groups is 3. The lowest BCUT2D eigenvalue weighted by atomic mass is 10.1. The number of aryl methyl sites for hydroxylation is 2. The van der Waals surface area contributed by atoms with E-state index in [2.05, 4.69) is 10.6 Å². The molecule has 0 spiro atoms. The maximum absolute atomic E-state index is 12.4. The predicted molar refractivity (Wildman–Crippen MR) is 120 cm³/mol. The molecular formula is C24H29N3O4. The van der Waals surface area contributed by atoms with E-state index in [9.17, 15) is 14.4 Å². The number of carbonyl (C=O) groups excluding carboxylic acids is 3. The zero-order valence-corrected chi connectivity index (χ0v) is 18.2. The number of hydrogen-bond acceptors (Lipinski definition) is 4. The number of amides is 3. The summed E-state index contributed by atoms with van der Waals surface area (Å²) in [5.74, 6) is -0.188. The van der Waals surface area contributed by atoms with E-state index >= 15 is 0 Å². The number of nitrogens with one attached hydrogen (secondary N) is 2. The molecule has 1 aliphatic heterocycles. The van der Waals surface area contributed by atoms with E-state index in [4.69, 9.17) is 4.74 Å². The van der Waals surface area contributed by atoms with Crippen molar-refractivity contribution in [2.45, 2.75) is 33.6 Å². The topological polar surface area (TPSA) is 87.7 Å². The third-order valence-electron chi connectivity index (χ3n) is 5.23. The Morgan fingerprint density at radius 3 is 2.58 bits per heavy atom. The summed E-state index contributed by atoms with van der Waals surface area (Å²) in [4.78, 5) is 38.3. The van der Waals surface area contributed by atoms with Crippen molar-refractivity contribution in [2.24, 2.45) is 5.92 Å². The molecule has 1 saturated heterocycles. The van der Waals surface area contributed by atoms with Crippen LogP contribution in [0, 0.1) is 19.8 Å². The average molecular weight is 424 g/mol. The summed E-state index contributed by atoms with van der Waals surface area (Å²) < 4.78 is 5.58. The lowest BCUT2D eigenvalue weighted by Crippen LogP contribution is -2.33. The van der Waals surface area contributed by atoms with Crippen LogP contribution >= 0.6 is 0 Å². The van der Waals surface area contributed by atoms with E-state index in [-0.39, 0.29) is 36.7 Å². The third-order valence-corrected chi connectivity index (χ3v) is 5.23. The minimum Gasteiger partial charge on any atom is -0.484 e. The van der Waals surface area contributed by atoms with Crippen molar-refractivity contribution in [3.8, 4) is 5.75 Å². The second kappa shape index (κ2) is 10.1. The number of rotatable bonds is 8. The summed E-state index contributed by atoms with van der Waals surface area (Å²) in [5, 5.41) is 5.71. The quantitative estimate of drug-likeness (QED) is 0.683. The fourth-order valence-electron chi connectivity index (χ4n) is 3.45. The van der Waals surface area contributed by atoms with Gasteiger partial charge in [0.05, 0.1) is 5.92 Å². The van der Waals surface area contributed by atoms with E-state index in [0.29, 0.717) is 24.5 Å². The summed E-state index contributed by atoms with van der Waals surface area (Å²) in [7, 11) is 0. The Bertz CT molecular complexity index is 956. The maximum atomic E-state index is 12.4. The van der Waals surface area contributed by atoms with Crippen LogP contribution in [0.1, 0.15) is 30.9 Å². The van der Waals surface area contributed by atoms with Gasteiger partial charge in [0.1, 0.15) is 5.75 Å². The molecule has 1 heterocycles. The van der Waals surface area contributed by atoms with Crippen molar-refractivity contribution < 1.29 is 19.1 Å². The molecule has 1 unspecified atom stereocenters. The number of hydrogen-bond donors (Lipinski definition) is 2. The van der Waals surface area contributed by atoms with Crippen LogP contribution in [0.5, 0.6) is 5.75 Å². The van der Waals surface area contributed by atoms with Gasteiger partial charge in [-0.2, -0.15) is 0 Å². The first-order valence-electron chi connectivity index (χ1n) is 10.6. The van der Waals surface area contributed by atoms with E-state index in [1.807, 2.05) is 39.0 Å². The zero-order valence-electron chi connectivity index (χ0n) is 18.2. The van der Waals surface area contributed by atoms with Crippen LogP contribution < -0.4 is 20.3 Å². The Morgan fingerprint density at radius 1 is 1.13 bits per heavy atom. The smallest absolute Gasteiger partial charge is 0.262 e. The molecule has 0 bridgehead atoms. The van der Waals surface area contributed by atoms with Crippen LogP contribution in [0.15, 0.2) is 42.5 Å². The van der Waals surface area contributed by atoms with Crippen LogP contribution in [0.25, 0.3) is 0 Å². The van der Waals surface area contributed by atoms with Crippen molar-refractivity contribution in [2.75, 3.05) is 29.9 Å². The highest BCUT2D eigenvalue weighted by molar-refractivity contribution is 6.00. The molecule has 7 heteroatoms. The molecule has 1 aliphatic rings. The zero-order chi connectivity index (χ0) is 22.4. The van der Waals surface area contributed by atoms with Crippen LogP contribution in [0.2, 0.25) is 0 Å². The van der Waals surface area contributed by atoms with Gasteiger partial charge in [-0.05, 0) is 61.7 Å². The van der Waals surface area contributed by atoms with Crippen molar-refractivity contribution >= 4 is 29.1 Å². The molecule has 1 fully saturated rings. The molecule has 3 amide bonds. The van der Waals surface area contributed by atoms with Gasteiger partial charge in [0.25, 0.3) is 5.91 Å². The Balaban J connectivity index is 1.53. The van der Waals surface area contributed by atoms with E-state index in [0.717, 1.165) is 23.2 Å². The van der Waals surface area contributed by atoms with Gasteiger partial charge in [-0.3, -0.25) is 14.4 Å². The molecule has 0 aromatic heterocycles. The first kappa shape index (κ1) is 22.3. The molecule has 7 nitrogen and oxygen atoms in total. The molecule has 0 aliphatic carbocycles. The first-order chi connectivity index (χ1) is 14.9. The van der Waals surface area contributed by atoms with Crippen molar-refractivity contribution in [3.05, 3.63) is 53.6 Å². The fourth-order valence-corrected chi connectivity index (χ4v) is 3.45. The number of benzene rings is 2. The second-order valence-corrected chi connectivity index (χ2v) is 7.85. The second-order valence-electron chi connectivity index (χ2n) is 7.85. The van der Waals surface area contributed by atoms with Gasteiger partial charge < -0.3 is 20.3 Å². The van der Waals surface area contributed by atoms with Crippen molar-refractivity contribution in [1.29, 1.82) is 0 Å². The first-order valence-corrected chi connectivity index (χ1v) is 10.6. The number of nitrogens with zero attached hydrogens (tertiary/aromatic N) is 1. The number of anilines is 2. The summed E-state index contributed by atoms with van der Waals surface area (Å²) in [6, 6.07) is 12.8. The van der Waals surface area contributed by atoms with Gasteiger partial charge in [0.2, 0.25) is 11.8 Å². The normalized spacial score (nSPS) is 15.6. The lowest BCUT2D eigenvalue weighted by molar-refractivity contribution is -0.126. The molecule has 2 aromatic carbocycles. The summed E-state index contributed by atoms with van der Waals surface area (Å²) in [6.07, 6.45) is 1.08. The van der Waals surface area contributed by atoms with Crippen LogP contribution in [0.4, 0.5) is 11.4 Å². The van der Waals surface area contributed by atoms with Crippen molar-refractivity contribution in [3.63, 3.8) is 0 Å². The molecule has 164 valence electrons. The Morgan fingerprint density at radius 2 is 1.87 bits per heavy atom. The molecule has 2 aromatic rings. The predicted octanol–water partition coefficient (Wildman–Crippen LogP) is 3.20. The molecular weight excluding hydrogens is 394 g/mol. The Hall–Kier alpha value is -3.35. The Kier molecular flexibility index (Phi) is 7.28. The van der Waals surface area contributed by atoms with E-state index in [1.165, 1.54) is 0 Å². The third kappa shape index (κ3) is 5.84. The van der Waals surface area contributed by atoms with Gasteiger partial charge in [-0.25, -0.2) is 0 Å². The van der Waals surface area contributed by atoms with Gasteiger partial charge in [0, 0.05) is 30.9 Å². The number of ether oxygens (including phenoxy) is 1. The minimum absolute atomic E-state index is 0.0711. The standard InChI is InChI=1S/C24H29N3O4/c1-4-11-25-24(30)18-13-23(29)27(14-18)19-7-9-20(10-8-19)31-15-22(28)26-21-12-16(2)5-6-17(21)3/h5-10,12,18H,4,11,13-15H2,1-3H3,(H,25,30)(H,26,28). The van der Waals surface area contributed by atoms with Crippen LogP contribution in [-0.2, 0) is 14.4 Å². The highest BCUT2D eigenvalue weighted by Gasteiger charge is 2.34. The monoisotopic (exact) mass is 423 g/mol. The molecule has 2 N–H and O–H groups in total. The van der Waals surface area contributed by atoms with Gasteiger partial charge in [-0.15, -0.1) is 0 Å². The SMILES string of the molecule is CCCNC(=O)C1CC(=O)N(c2ccc(OCC(=O)Nc3cc(C)ccc3C)cc2)C1. The van der Waals surface area contributed by atoms with E-state index in [1.54, 1.807) is 29.2 Å². The molecule has 1 atom stereocenters. The van der Waals surface area contributed by atoms with E-state index < -0.39 is 0 Å². The molecule has 0 saturated carbocycles. The fraction of sp³-hybridized carbons (Fsp3) is 0.375. The maximum Gasteiger partial charge on any atom is 0.262 e. The highest BCUT2D eigenvalue weighted by atomic mass is 16.5. The van der Waals surface area contributed by atoms with Gasteiger partial charge >= 0.3 is 0 Å². The highest BCUT2D eigenvalue weighted by Crippen LogP contribution is 2.27.